The SMILES string of the molecule is CN(C)CCC[C@@H](N)c1ccccc1. The van der Waals surface area contributed by atoms with E-state index in [1.807, 2.05) is 18.2 Å². The molecule has 2 heteroatoms. The number of benzene rings is 1. The van der Waals surface area contributed by atoms with Crippen molar-refractivity contribution in [3.05, 3.63) is 35.9 Å². The molecular formula is C12H20N2. The highest BCUT2D eigenvalue weighted by molar-refractivity contribution is 5.18. The van der Waals surface area contributed by atoms with E-state index in [0.717, 1.165) is 19.4 Å². The zero-order valence-electron chi connectivity index (χ0n) is 9.11. The molecule has 78 valence electrons. The zero-order chi connectivity index (χ0) is 10.4. The van der Waals surface area contributed by atoms with Gasteiger partial charge in [-0.3, -0.25) is 0 Å². The summed E-state index contributed by atoms with van der Waals surface area (Å²) in [4.78, 5) is 2.19. The minimum Gasteiger partial charge on any atom is -0.324 e. The fourth-order valence-corrected chi connectivity index (χ4v) is 1.49. The van der Waals surface area contributed by atoms with Crippen molar-refractivity contribution >= 4 is 0 Å². The van der Waals surface area contributed by atoms with Crippen LogP contribution in [-0.2, 0) is 0 Å². The van der Waals surface area contributed by atoms with Crippen LogP contribution < -0.4 is 5.73 Å². The second-order valence-electron chi connectivity index (χ2n) is 3.96. The number of nitrogens with zero attached hydrogens (tertiary/aromatic N) is 1. The lowest BCUT2D eigenvalue weighted by molar-refractivity contribution is 0.386. The van der Waals surface area contributed by atoms with Gasteiger partial charge in [-0.2, -0.15) is 0 Å². The van der Waals surface area contributed by atoms with Gasteiger partial charge < -0.3 is 10.6 Å². The van der Waals surface area contributed by atoms with Crippen molar-refractivity contribution in [3.63, 3.8) is 0 Å². The summed E-state index contributed by atoms with van der Waals surface area (Å²) in [6, 6.07) is 10.5. The van der Waals surface area contributed by atoms with Crippen LogP contribution in [-0.4, -0.2) is 25.5 Å². The average molecular weight is 192 g/mol. The molecular weight excluding hydrogens is 172 g/mol. The Bertz CT molecular complexity index is 244. The first-order valence-corrected chi connectivity index (χ1v) is 5.15. The van der Waals surface area contributed by atoms with Crippen LogP contribution in [0.15, 0.2) is 30.3 Å². The molecule has 1 aromatic rings. The van der Waals surface area contributed by atoms with Crippen LogP contribution in [0.4, 0.5) is 0 Å². The summed E-state index contributed by atoms with van der Waals surface area (Å²) in [7, 11) is 4.18. The molecule has 14 heavy (non-hydrogen) atoms. The van der Waals surface area contributed by atoms with Gasteiger partial charge in [0.2, 0.25) is 0 Å². The third kappa shape index (κ3) is 3.90. The topological polar surface area (TPSA) is 29.3 Å². The second kappa shape index (κ2) is 5.78. The standard InChI is InChI=1S/C12H20N2/c1-14(2)10-6-9-12(13)11-7-4-3-5-8-11/h3-5,7-8,12H,6,9-10,13H2,1-2H3/t12-/m1/s1. The van der Waals surface area contributed by atoms with Gasteiger partial charge in [0.1, 0.15) is 0 Å². The number of hydrogen-bond donors (Lipinski definition) is 1. The molecule has 0 amide bonds. The maximum Gasteiger partial charge on any atom is 0.0295 e. The average Bonchev–Trinajstić information content (AvgIpc) is 2.18. The molecule has 0 aliphatic carbocycles. The Morgan fingerprint density at radius 1 is 1.21 bits per heavy atom. The summed E-state index contributed by atoms with van der Waals surface area (Å²) in [5, 5.41) is 0. The Kier molecular flexibility index (Phi) is 4.63. The van der Waals surface area contributed by atoms with E-state index in [9.17, 15) is 0 Å². The van der Waals surface area contributed by atoms with Gasteiger partial charge in [0.05, 0.1) is 0 Å². The van der Waals surface area contributed by atoms with E-state index in [2.05, 4.69) is 31.1 Å². The molecule has 0 fully saturated rings. The van der Waals surface area contributed by atoms with Gasteiger partial charge in [-0.1, -0.05) is 30.3 Å². The first kappa shape index (κ1) is 11.2. The molecule has 2 nitrogen and oxygen atoms in total. The third-order valence-corrected chi connectivity index (χ3v) is 2.35. The maximum atomic E-state index is 6.06. The van der Waals surface area contributed by atoms with Gasteiger partial charge in [0, 0.05) is 6.04 Å². The third-order valence-electron chi connectivity index (χ3n) is 2.35. The first-order chi connectivity index (χ1) is 6.70. The highest BCUT2D eigenvalue weighted by atomic mass is 15.0. The molecule has 1 aromatic carbocycles. The molecule has 1 atom stereocenters. The largest absolute Gasteiger partial charge is 0.324 e. The fraction of sp³-hybridized carbons (Fsp3) is 0.500. The number of hydrogen-bond acceptors (Lipinski definition) is 2. The molecule has 0 saturated carbocycles. The molecule has 0 heterocycles. The van der Waals surface area contributed by atoms with E-state index in [1.54, 1.807) is 0 Å². The lowest BCUT2D eigenvalue weighted by Gasteiger charge is -2.14. The molecule has 0 radical (unpaired) electrons. The summed E-state index contributed by atoms with van der Waals surface area (Å²) in [5.74, 6) is 0. The summed E-state index contributed by atoms with van der Waals surface area (Å²) < 4.78 is 0. The van der Waals surface area contributed by atoms with Crippen molar-refractivity contribution in [2.75, 3.05) is 20.6 Å². The van der Waals surface area contributed by atoms with E-state index in [0.29, 0.717) is 0 Å². The Hall–Kier alpha value is -0.860. The van der Waals surface area contributed by atoms with Crippen molar-refractivity contribution < 1.29 is 0 Å². The molecule has 0 aliphatic heterocycles. The quantitative estimate of drug-likeness (QED) is 0.773. The van der Waals surface area contributed by atoms with Crippen molar-refractivity contribution in [3.8, 4) is 0 Å². The second-order valence-corrected chi connectivity index (χ2v) is 3.96. The van der Waals surface area contributed by atoms with Crippen LogP contribution in [0.2, 0.25) is 0 Å². The van der Waals surface area contributed by atoms with Crippen molar-refractivity contribution in [2.45, 2.75) is 18.9 Å². The monoisotopic (exact) mass is 192 g/mol. The lowest BCUT2D eigenvalue weighted by atomic mass is 10.0. The Labute approximate surface area is 86.7 Å². The normalized spacial score (nSPS) is 13.1. The predicted octanol–water partition coefficient (Wildman–Crippen LogP) is 2.03. The van der Waals surface area contributed by atoms with Gasteiger partial charge in [-0.15, -0.1) is 0 Å². The Morgan fingerprint density at radius 2 is 1.86 bits per heavy atom. The van der Waals surface area contributed by atoms with Gasteiger partial charge in [0.25, 0.3) is 0 Å². The molecule has 0 unspecified atom stereocenters. The van der Waals surface area contributed by atoms with E-state index in [4.69, 9.17) is 5.73 Å². The van der Waals surface area contributed by atoms with Crippen LogP contribution in [0, 0.1) is 0 Å². The van der Waals surface area contributed by atoms with Crippen LogP contribution in [0.25, 0.3) is 0 Å². The van der Waals surface area contributed by atoms with Gasteiger partial charge >= 0.3 is 0 Å². The highest BCUT2D eigenvalue weighted by Crippen LogP contribution is 2.14. The highest BCUT2D eigenvalue weighted by Gasteiger charge is 2.04. The van der Waals surface area contributed by atoms with Gasteiger partial charge in [-0.25, -0.2) is 0 Å². The minimum absolute atomic E-state index is 0.191. The molecule has 0 bridgehead atoms. The van der Waals surface area contributed by atoms with Crippen LogP contribution in [0.1, 0.15) is 24.4 Å². The zero-order valence-corrected chi connectivity index (χ0v) is 9.11. The first-order valence-electron chi connectivity index (χ1n) is 5.15. The maximum absolute atomic E-state index is 6.06. The van der Waals surface area contributed by atoms with E-state index < -0.39 is 0 Å². The van der Waals surface area contributed by atoms with Gasteiger partial charge in [-0.05, 0) is 39.0 Å². The fourth-order valence-electron chi connectivity index (χ4n) is 1.49. The lowest BCUT2D eigenvalue weighted by Crippen LogP contribution is -2.16. The molecule has 1 rings (SSSR count). The number of rotatable bonds is 5. The Morgan fingerprint density at radius 3 is 2.43 bits per heavy atom. The summed E-state index contributed by atoms with van der Waals surface area (Å²) >= 11 is 0. The van der Waals surface area contributed by atoms with Gasteiger partial charge in [0.15, 0.2) is 0 Å². The predicted molar refractivity (Wildman–Crippen MR) is 61.2 cm³/mol. The van der Waals surface area contributed by atoms with Crippen molar-refractivity contribution in [2.24, 2.45) is 5.73 Å². The smallest absolute Gasteiger partial charge is 0.0295 e. The summed E-state index contributed by atoms with van der Waals surface area (Å²) in [6.07, 6.45) is 2.21. The van der Waals surface area contributed by atoms with Crippen molar-refractivity contribution in [1.29, 1.82) is 0 Å². The Balaban J connectivity index is 2.32. The van der Waals surface area contributed by atoms with E-state index >= 15 is 0 Å². The van der Waals surface area contributed by atoms with Crippen LogP contribution in [0.5, 0.6) is 0 Å². The van der Waals surface area contributed by atoms with Crippen LogP contribution in [0.3, 0.4) is 0 Å². The van der Waals surface area contributed by atoms with E-state index in [1.165, 1.54) is 5.56 Å². The number of nitrogens with two attached hydrogens (primary N) is 1. The molecule has 0 aliphatic rings. The molecule has 2 N–H and O–H groups in total. The summed E-state index contributed by atoms with van der Waals surface area (Å²) in [6.45, 7) is 1.11. The molecule has 0 aromatic heterocycles. The van der Waals surface area contributed by atoms with Crippen molar-refractivity contribution in [1.82, 2.24) is 4.90 Å². The summed E-state index contributed by atoms with van der Waals surface area (Å²) in [5.41, 5.74) is 7.30. The van der Waals surface area contributed by atoms with E-state index in [-0.39, 0.29) is 6.04 Å². The van der Waals surface area contributed by atoms with Crippen LogP contribution >= 0.6 is 0 Å². The minimum atomic E-state index is 0.191. The molecule has 0 spiro atoms. The molecule has 0 saturated heterocycles.